The van der Waals surface area contributed by atoms with Gasteiger partial charge in [-0.1, -0.05) is 18.2 Å². The summed E-state index contributed by atoms with van der Waals surface area (Å²) >= 11 is 0. The molecule has 1 heterocycles. The molecule has 0 spiro atoms. The molecule has 0 aliphatic heterocycles. The van der Waals surface area contributed by atoms with E-state index < -0.39 is 5.97 Å². The number of benzene rings is 1. The topological polar surface area (TPSA) is 55.0 Å². The SMILES string of the molecule is CCOC(=O)/C(C#N)=C/c1cc2ccccc2n1C. The van der Waals surface area contributed by atoms with Crippen LogP contribution in [0, 0.1) is 11.3 Å². The molecule has 0 aliphatic rings. The number of carbonyl (C=O) groups excluding carboxylic acids is 1. The second kappa shape index (κ2) is 5.40. The van der Waals surface area contributed by atoms with E-state index in [2.05, 4.69) is 0 Å². The minimum atomic E-state index is -0.588. The van der Waals surface area contributed by atoms with Crippen LogP contribution in [0.2, 0.25) is 0 Å². The summed E-state index contributed by atoms with van der Waals surface area (Å²) in [6.45, 7) is 1.97. The molecule has 0 atom stereocenters. The number of esters is 1. The maximum atomic E-state index is 11.6. The van der Waals surface area contributed by atoms with Gasteiger partial charge in [-0.2, -0.15) is 5.26 Å². The first-order chi connectivity index (χ1) is 9.17. The summed E-state index contributed by atoms with van der Waals surface area (Å²) < 4.78 is 6.78. The summed E-state index contributed by atoms with van der Waals surface area (Å²) in [6.07, 6.45) is 1.55. The van der Waals surface area contributed by atoms with Crippen molar-refractivity contribution < 1.29 is 9.53 Å². The first kappa shape index (κ1) is 12.9. The van der Waals surface area contributed by atoms with E-state index in [1.165, 1.54) is 0 Å². The minimum Gasteiger partial charge on any atom is -0.462 e. The van der Waals surface area contributed by atoms with E-state index in [4.69, 9.17) is 10.00 Å². The Morgan fingerprint density at radius 1 is 1.47 bits per heavy atom. The number of hydrogen-bond donors (Lipinski definition) is 0. The van der Waals surface area contributed by atoms with Gasteiger partial charge < -0.3 is 9.30 Å². The summed E-state index contributed by atoms with van der Waals surface area (Å²) in [5, 5.41) is 10.1. The van der Waals surface area contributed by atoms with Crippen LogP contribution in [0.4, 0.5) is 0 Å². The Hall–Kier alpha value is -2.54. The molecular weight excluding hydrogens is 240 g/mol. The monoisotopic (exact) mass is 254 g/mol. The van der Waals surface area contributed by atoms with Crippen molar-refractivity contribution in [3.8, 4) is 6.07 Å². The van der Waals surface area contributed by atoms with Crippen LogP contribution in [0.25, 0.3) is 17.0 Å². The number of fused-ring (bicyclic) bond motifs is 1. The van der Waals surface area contributed by atoms with Crippen molar-refractivity contribution in [2.45, 2.75) is 6.92 Å². The molecule has 96 valence electrons. The van der Waals surface area contributed by atoms with Crippen molar-refractivity contribution in [2.75, 3.05) is 6.61 Å². The Morgan fingerprint density at radius 3 is 2.84 bits per heavy atom. The Bertz CT molecular complexity index is 690. The second-order valence-corrected chi connectivity index (χ2v) is 4.08. The summed E-state index contributed by atoms with van der Waals surface area (Å²) in [7, 11) is 1.90. The fourth-order valence-electron chi connectivity index (χ4n) is 1.94. The van der Waals surface area contributed by atoms with Gasteiger partial charge in [-0.05, 0) is 25.1 Å². The average Bonchev–Trinajstić information content (AvgIpc) is 2.73. The Morgan fingerprint density at radius 2 is 2.21 bits per heavy atom. The normalized spacial score (nSPS) is 11.3. The smallest absolute Gasteiger partial charge is 0.348 e. The molecule has 1 aromatic carbocycles. The number of nitrogens with zero attached hydrogens (tertiary/aromatic N) is 2. The van der Waals surface area contributed by atoms with Gasteiger partial charge in [-0.25, -0.2) is 4.79 Å². The average molecular weight is 254 g/mol. The van der Waals surface area contributed by atoms with Gasteiger partial charge in [0, 0.05) is 23.6 Å². The largest absolute Gasteiger partial charge is 0.462 e. The molecule has 4 heteroatoms. The zero-order valence-electron chi connectivity index (χ0n) is 10.9. The number of ether oxygens (including phenoxy) is 1. The number of nitriles is 1. The van der Waals surface area contributed by atoms with E-state index in [1.807, 2.05) is 48.0 Å². The first-order valence-corrected chi connectivity index (χ1v) is 6.00. The van der Waals surface area contributed by atoms with Crippen molar-refractivity contribution in [3.05, 3.63) is 41.6 Å². The lowest BCUT2D eigenvalue weighted by atomic mass is 10.2. The molecule has 0 bridgehead atoms. The van der Waals surface area contributed by atoms with Crippen molar-refractivity contribution in [1.82, 2.24) is 4.57 Å². The highest BCUT2D eigenvalue weighted by atomic mass is 16.5. The number of aromatic nitrogens is 1. The van der Waals surface area contributed by atoms with Crippen molar-refractivity contribution in [2.24, 2.45) is 7.05 Å². The number of hydrogen-bond acceptors (Lipinski definition) is 3. The third-order valence-electron chi connectivity index (χ3n) is 2.90. The second-order valence-electron chi connectivity index (χ2n) is 4.08. The highest BCUT2D eigenvalue weighted by Crippen LogP contribution is 2.20. The van der Waals surface area contributed by atoms with Gasteiger partial charge in [0.2, 0.25) is 0 Å². The maximum Gasteiger partial charge on any atom is 0.348 e. The standard InChI is InChI=1S/C15H14N2O2/c1-3-19-15(18)12(10-16)9-13-8-11-6-4-5-7-14(11)17(13)2/h4-9H,3H2,1-2H3/b12-9+. The lowest BCUT2D eigenvalue weighted by molar-refractivity contribution is -0.137. The van der Waals surface area contributed by atoms with Crippen LogP contribution >= 0.6 is 0 Å². The molecule has 1 aromatic heterocycles. The van der Waals surface area contributed by atoms with Gasteiger partial charge in [0.05, 0.1) is 6.61 Å². The minimum absolute atomic E-state index is 0.00718. The first-order valence-electron chi connectivity index (χ1n) is 6.00. The van der Waals surface area contributed by atoms with E-state index >= 15 is 0 Å². The van der Waals surface area contributed by atoms with Crippen LogP contribution < -0.4 is 0 Å². The van der Waals surface area contributed by atoms with Crippen molar-refractivity contribution >= 4 is 22.9 Å². The van der Waals surface area contributed by atoms with Crippen LogP contribution in [-0.4, -0.2) is 17.1 Å². The summed E-state index contributed by atoms with van der Waals surface area (Å²) in [4.78, 5) is 11.6. The molecular formula is C15H14N2O2. The molecule has 0 aliphatic carbocycles. The molecule has 4 nitrogen and oxygen atoms in total. The zero-order valence-corrected chi connectivity index (χ0v) is 10.9. The van der Waals surface area contributed by atoms with Gasteiger partial charge in [0.25, 0.3) is 0 Å². The number of aryl methyl sites for hydroxylation is 1. The van der Waals surface area contributed by atoms with Crippen molar-refractivity contribution in [3.63, 3.8) is 0 Å². The van der Waals surface area contributed by atoms with Crippen LogP contribution in [0.3, 0.4) is 0 Å². The van der Waals surface area contributed by atoms with Crippen LogP contribution in [0.5, 0.6) is 0 Å². The van der Waals surface area contributed by atoms with Crippen LogP contribution in [-0.2, 0) is 16.6 Å². The van der Waals surface area contributed by atoms with Crippen molar-refractivity contribution in [1.29, 1.82) is 5.26 Å². The van der Waals surface area contributed by atoms with E-state index in [1.54, 1.807) is 13.0 Å². The third-order valence-corrected chi connectivity index (χ3v) is 2.90. The number of rotatable bonds is 3. The molecule has 0 saturated carbocycles. The van der Waals surface area contributed by atoms with E-state index in [-0.39, 0.29) is 12.2 Å². The van der Waals surface area contributed by atoms with Crippen LogP contribution in [0.1, 0.15) is 12.6 Å². The lowest BCUT2D eigenvalue weighted by Gasteiger charge is -2.01. The van der Waals surface area contributed by atoms with E-state index in [9.17, 15) is 4.79 Å². The van der Waals surface area contributed by atoms with Crippen LogP contribution in [0.15, 0.2) is 35.9 Å². The number of para-hydroxylation sites is 1. The molecule has 0 radical (unpaired) electrons. The van der Waals surface area contributed by atoms with Gasteiger partial charge >= 0.3 is 5.97 Å². The van der Waals surface area contributed by atoms with E-state index in [0.29, 0.717) is 0 Å². The lowest BCUT2D eigenvalue weighted by Crippen LogP contribution is -2.06. The van der Waals surface area contributed by atoms with Gasteiger partial charge in [0.15, 0.2) is 0 Å². The van der Waals surface area contributed by atoms with Gasteiger partial charge in [0.1, 0.15) is 11.6 Å². The fourth-order valence-corrected chi connectivity index (χ4v) is 1.94. The molecule has 19 heavy (non-hydrogen) atoms. The molecule has 2 aromatic rings. The molecule has 2 rings (SSSR count). The van der Waals surface area contributed by atoms with Gasteiger partial charge in [-0.3, -0.25) is 0 Å². The summed E-state index contributed by atoms with van der Waals surface area (Å²) in [6, 6.07) is 11.7. The molecule has 0 amide bonds. The summed E-state index contributed by atoms with van der Waals surface area (Å²) in [5.41, 5.74) is 1.86. The maximum absolute atomic E-state index is 11.6. The Kier molecular flexibility index (Phi) is 3.67. The molecule has 0 unspecified atom stereocenters. The highest BCUT2D eigenvalue weighted by Gasteiger charge is 2.11. The predicted octanol–water partition coefficient (Wildman–Crippen LogP) is 2.65. The van der Waals surface area contributed by atoms with Gasteiger partial charge in [-0.15, -0.1) is 0 Å². The molecule has 0 saturated heterocycles. The third kappa shape index (κ3) is 2.50. The quantitative estimate of drug-likeness (QED) is 0.480. The molecule has 0 fully saturated rings. The fraction of sp³-hybridized carbons (Fsp3) is 0.200. The predicted molar refractivity (Wildman–Crippen MR) is 73.1 cm³/mol. The zero-order chi connectivity index (χ0) is 13.8. The molecule has 0 N–H and O–H groups in total. The number of carbonyl (C=O) groups is 1. The van der Waals surface area contributed by atoms with E-state index in [0.717, 1.165) is 16.6 Å². The Labute approximate surface area is 111 Å². The summed E-state index contributed by atoms with van der Waals surface area (Å²) in [5.74, 6) is -0.588. The highest BCUT2D eigenvalue weighted by molar-refractivity contribution is 5.98. The Balaban J connectivity index is 2.47.